The Bertz CT molecular complexity index is 1300. The van der Waals surface area contributed by atoms with E-state index in [0.29, 0.717) is 17.7 Å². The zero-order chi connectivity index (χ0) is 19.4. The highest BCUT2D eigenvalue weighted by Crippen LogP contribution is 2.38. The van der Waals surface area contributed by atoms with Crippen molar-refractivity contribution in [2.24, 2.45) is 0 Å². The Hall–Kier alpha value is -3.27. The van der Waals surface area contributed by atoms with E-state index in [1.165, 1.54) is 11.1 Å². The number of benzene rings is 3. The van der Waals surface area contributed by atoms with Crippen LogP contribution < -0.4 is 15.3 Å². The van der Waals surface area contributed by atoms with Gasteiger partial charge in [-0.1, -0.05) is 24.3 Å². The van der Waals surface area contributed by atoms with E-state index in [1.54, 1.807) is 0 Å². The van der Waals surface area contributed by atoms with Gasteiger partial charge in [0.15, 0.2) is 6.73 Å². The monoisotopic (exact) mass is 371 g/mol. The van der Waals surface area contributed by atoms with E-state index < -0.39 is 0 Å². The maximum atomic E-state index is 12.4. The fourth-order valence-electron chi connectivity index (χ4n) is 4.03. The molecule has 1 aromatic heterocycles. The molecule has 0 N–H and O–H groups in total. The van der Waals surface area contributed by atoms with Gasteiger partial charge < -0.3 is 14.1 Å². The summed E-state index contributed by atoms with van der Waals surface area (Å²) in [7, 11) is 0. The largest absolute Gasteiger partial charge is 0.472 e. The van der Waals surface area contributed by atoms with Crippen molar-refractivity contribution in [2.45, 2.75) is 27.3 Å². The van der Waals surface area contributed by atoms with Gasteiger partial charge in [0.2, 0.25) is 0 Å². The summed E-state index contributed by atoms with van der Waals surface area (Å²) in [5.74, 6) is 0.825. The van der Waals surface area contributed by atoms with Crippen molar-refractivity contribution >= 4 is 27.4 Å². The molecule has 3 aromatic carbocycles. The number of aryl methyl sites for hydroxylation is 3. The van der Waals surface area contributed by atoms with Crippen LogP contribution in [-0.2, 0) is 6.54 Å². The lowest BCUT2D eigenvalue weighted by molar-refractivity contribution is 0.287. The topological polar surface area (TPSA) is 42.7 Å². The van der Waals surface area contributed by atoms with Crippen LogP contribution in [-0.4, -0.2) is 6.73 Å². The summed E-state index contributed by atoms with van der Waals surface area (Å²) in [4.78, 5) is 14.6. The average Bonchev–Trinajstić information content (AvgIpc) is 2.71. The number of ether oxygens (including phenoxy) is 1. The maximum absolute atomic E-state index is 12.4. The van der Waals surface area contributed by atoms with Gasteiger partial charge in [0.1, 0.15) is 11.3 Å². The fraction of sp³-hybridized carbons (Fsp3) is 0.208. The number of hydrogen-bond donors (Lipinski definition) is 0. The highest BCUT2D eigenvalue weighted by atomic mass is 16.5. The highest BCUT2D eigenvalue weighted by Gasteiger charge is 2.23. The summed E-state index contributed by atoms with van der Waals surface area (Å²) in [6, 6.07) is 16.2. The molecule has 0 atom stereocenters. The third kappa shape index (κ3) is 2.48. The fourth-order valence-corrected chi connectivity index (χ4v) is 4.03. The van der Waals surface area contributed by atoms with Crippen LogP contribution in [0.4, 0.5) is 5.69 Å². The van der Waals surface area contributed by atoms with E-state index in [1.807, 2.05) is 31.2 Å². The number of hydrogen-bond acceptors (Lipinski definition) is 4. The molecule has 140 valence electrons. The van der Waals surface area contributed by atoms with Gasteiger partial charge in [-0.2, -0.15) is 0 Å². The molecule has 5 rings (SSSR count). The second-order valence-electron chi connectivity index (χ2n) is 7.54. The Morgan fingerprint density at radius 2 is 1.68 bits per heavy atom. The first-order valence-corrected chi connectivity index (χ1v) is 9.46. The molecule has 0 saturated heterocycles. The number of fused-ring (bicyclic) bond motifs is 4. The molecule has 2 heterocycles. The molecule has 4 aromatic rings. The van der Waals surface area contributed by atoms with Crippen LogP contribution in [0.25, 0.3) is 21.7 Å². The van der Waals surface area contributed by atoms with Crippen LogP contribution in [0.3, 0.4) is 0 Å². The Balaban J connectivity index is 1.68. The van der Waals surface area contributed by atoms with Crippen LogP contribution in [0.15, 0.2) is 57.7 Å². The van der Waals surface area contributed by atoms with Gasteiger partial charge in [0, 0.05) is 28.7 Å². The summed E-state index contributed by atoms with van der Waals surface area (Å²) in [5.41, 5.74) is 6.00. The van der Waals surface area contributed by atoms with E-state index in [2.05, 4.69) is 43.0 Å². The second-order valence-corrected chi connectivity index (χ2v) is 7.54. The van der Waals surface area contributed by atoms with E-state index >= 15 is 0 Å². The van der Waals surface area contributed by atoms with E-state index in [-0.39, 0.29) is 5.63 Å². The predicted octanol–water partition coefficient (Wildman–Crippen LogP) is 5.23. The molecular formula is C24H21NO3. The average molecular weight is 371 g/mol. The minimum absolute atomic E-state index is 0.307. The predicted molar refractivity (Wildman–Crippen MR) is 112 cm³/mol. The van der Waals surface area contributed by atoms with E-state index in [9.17, 15) is 4.79 Å². The number of nitrogens with zero attached hydrogens (tertiary/aromatic N) is 1. The molecule has 28 heavy (non-hydrogen) atoms. The molecule has 0 spiro atoms. The molecular weight excluding hydrogens is 350 g/mol. The van der Waals surface area contributed by atoms with Crippen molar-refractivity contribution in [1.29, 1.82) is 0 Å². The molecule has 0 amide bonds. The van der Waals surface area contributed by atoms with Gasteiger partial charge in [-0.05, 0) is 61.5 Å². The molecule has 1 aliphatic rings. The third-order valence-corrected chi connectivity index (χ3v) is 5.75. The summed E-state index contributed by atoms with van der Waals surface area (Å²) >= 11 is 0. The zero-order valence-corrected chi connectivity index (χ0v) is 16.2. The first kappa shape index (κ1) is 16.9. The first-order chi connectivity index (χ1) is 13.5. The lowest BCUT2D eigenvalue weighted by atomic mass is 9.99. The molecule has 0 unspecified atom stereocenters. The van der Waals surface area contributed by atoms with Gasteiger partial charge in [-0.15, -0.1) is 0 Å². The van der Waals surface area contributed by atoms with Gasteiger partial charge in [-0.25, -0.2) is 4.79 Å². The Labute approximate surface area is 163 Å². The van der Waals surface area contributed by atoms with Crippen molar-refractivity contribution in [3.05, 3.63) is 81.2 Å². The maximum Gasteiger partial charge on any atom is 0.344 e. The SMILES string of the molecule is Cc1ccc(N2COc3c(cc4c(oc(=O)c5ccccc54)c3C)C2)cc1C. The minimum atomic E-state index is -0.307. The molecule has 4 nitrogen and oxygen atoms in total. The number of anilines is 1. The minimum Gasteiger partial charge on any atom is -0.472 e. The van der Waals surface area contributed by atoms with Crippen molar-refractivity contribution < 1.29 is 9.15 Å². The van der Waals surface area contributed by atoms with Crippen molar-refractivity contribution in [1.82, 2.24) is 0 Å². The molecule has 0 aliphatic carbocycles. The van der Waals surface area contributed by atoms with Crippen LogP contribution in [0.5, 0.6) is 5.75 Å². The first-order valence-electron chi connectivity index (χ1n) is 9.46. The Morgan fingerprint density at radius 1 is 0.893 bits per heavy atom. The summed E-state index contributed by atoms with van der Waals surface area (Å²) < 4.78 is 11.8. The van der Waals surface area contributed by atoms with Gasteiger partial charge >= 0.3 is 5.63 Å². The van der Waals surface area contributed by atoms with Crippen LogP contribution in [0, 0.1) is 20.8 Å². The normalized spacial score (nSPS) is 13.6. The lowest BCUT2D eigenvalue weighted by Crippen LogP contribution is -2.32. The van der Waals surface area contributed by atoms with Crippen LogP contribution in [0.1, 0.15) is 22.3 Å². The molecule has 1 aliphatic heterocycles. The van der Waals surface area contributed by atoms with E-state index in [4.69, 9.17) is 9.15 Å². The summed E-state index contributed by atoms with van der Waals surface area (Å²) in [6.07, 6.45) is 0. The standard InChI is InChI=1S/C24H21NO3/c1-14-8-9-18(10-15(14)2)25-12-17-11-21-19-6-4-5-7-20(19)24(26)28-23(21)16(3)22(17)27-13-25/h4-11H,12-13H2,1-3H3. The Morgan fingerprint density at radius 3 is 2.46 bits per heavy atom. The summed E-state index contributed by atoms with van der Waals surface area (Å²) in [6.45, 7) is 7.44. The van der Waals surface area contributed by atoms with Gasteiger partial charge in [0.25, 0.3) is 0 Å². The van der Waals surface area contributed by atoms with Gasteiger partial charge in [-0.3, -0.25) is 0 Å². The quantitative estimate of drug-likeness (QED) is 0.339. The second kappa shape index (κ2) is 6.13. The van der Waals surface area contributed by atoms with Gasteiger partial charge in [0.05, 0.1) is 5.39 Å². The van der Waals surface area contributed by atoms with Crippen molar-refractivity contribution in [3.8, 4) is 5.75 Å². The smallest absolute Gasteiger partial charge is 0.344 e. The molecule has 0 radical (unpaired) electrons. The Kier molecular flexibility index (Phi) is 3.69. The van der Waals surface area contributed by atoms with Crippen molar-refractivity contribution in [2.75, 3.05) is 11.6 Å². The zero-order valence-electron chi connectivity index (χ0n) is 16.2. The molecule has 0 fully saturated rings. The molecule has 0 saturated carbocycles. The third-order valence-electron chi connectivity index (χ3n) is 5.75. The van der Waals surface area contributed by atoms with Crippen molar-refractivity contribution in [3.63, 3.8) is 0 Å². The van der Waals surface area contributed by atoms with Crippen LogP contribution >= 0.6 is 0 Å². The highest BCUT2D eigenvalue weighted by molar-refractivity contribution is 6.06. The number of rotatable bonds is 1. The summed E-state index contributed by atoms with van der Waals surface area (Å²) in [5, 5.41) is 2.48. The van der Waals surface area contributed by atoms with E-state index in [0.717, 1.165) is 39.9 Å². The molecule has 4 heteroatoms. The van der Waals surface area contributed by atoms with Crippen LogP contribution in [0.2, 0.25) is 0 Å². The molecule has 0 bridgehead atoms. The lowest BCUT2D eigenvalue weighted by Gasteiger charge is -2.32.